The van der Waals surface area contributed by atoms with Crippen molar-refractivity contribution in [3.05, 3.63) is 146 Å². The van der Waals surface area contributed by atoms with E-state index in [1.165, 1.54) is 11.6 Å². The second kappa shape index (κ2) is 12.9. The van der Waals surface area contributed by atoms with E-state index in [9.17, 15) is 27.9 Å². The van der Waals surface area contributed by atoms with Crippen LogP contribution >= 0.6 is 11.6 Å². The number of hydrogen-bond acceptors (Lipinski definition) is 3. The van der Waals surface area contributed by atoms with Crippen molar-refractivity contribution < 1.29 is 23.1 Å². The molecule has 5 nitrogen and oxygen atoms in total. The fourth-order valence-corrected chi connectivity index (χ4v) is 7.76. The number of rotatable bonds is 7. The zero-order chi connectivity index (χ0) is 36.2. The van der Waals surface area contributed by atoms with Gasteiger partial charge < -0.3 is 10.0 Å². The van der Waals surface area contributed by atoms with Crippen LogP contribution in [0.15, 0.2) is 108 Å². The first-order valence-corrected chi connectivity index (χ1v) is 17.2. The van der Waals surface area contributed by atoms with Gasteiger partial charge in [-0.3, -0.25) is 9.36 Å². The second-order valence-electron chi connectivity index (χ2n) is 14.2. The molecule has 0 aliphatic carbocycles. The number of carboxylic acids is 1. The van der Waals surface area contributed by atoms with E-state index in [2.05, 4.69) is 45.0 Å². The van der Waals surface area contributed by atoms with Crippen molar-refractivity contribution in [1.82, 2.24) is 4.57 Å². The lowest BCUT2D eigenvalue weighted by Crippen LogP contribution is -2.29. The number of benzene rings is 5. The summed E-state index contributed by atoms with van der Waals surface area (Å²) >= 11 is 6.90. The molecule has 0 bridgehead atoms. The van der Waals surface area contributed by atoms with Crippen molar-refractivity contribution >= 4 is 44.9 Å². The average Bonchev–Trinajstić information content (AvgIpc) is 3.48. The van der Waals surface area contributed by atoms with Gasteiger partial charge in [0.25, 0.3) is 5.56 Å². The van der Waals surface area contributed by atoms with Gasteiger partial charge in [-0.15, -0.1) is 0 Å². The van der Waals surface area contributed by atoms with E-state index in [-0.39, 0.29) is 34.8 Å². The number of carbonyl (C=O) groups is 1. The fourth-order valence-electron chi connectivity index (χ4n) is 7.50. The highest BCUT2D eigenvalue weighted by Gasteiger charge is 2.39. The van der Waals surface area contributed by atoms with Crippen LogP contribution in [0.1, 0.15) is 54.6 Å². The molecule has 1 aromatic heterocycles. The third kappa shape index (κ3) is 6.27. The van der Waals surface area contributed by atoms with Gasteiger partial charge in [0.05, 0.1) is 12.1 Å². The van der Waals surface area contributed by atoms with Crippen molar-refractivity contribution in [3.63, 3.8) is 0 Å². The largest absolute Gasteiger partial charge is 0.480 e. The maximum atomic E-state index is 14.1. The summed E-state index contributed by atoms with van der Waals surface area (Å²) in [4.78, 5) is 28.7. The van der Waals surface area contributed by atoms with Gasteiger partial charge in [-0.05, 0) is 73.3 Å². The van der Waals surface area contributed by atoms with Gasteiger partial charge in [-0.2, -0.15) is 13.2 Å². The van der Waals surface area contributed by atoms with Crippen molar-refractivity contribution in [3.8, 4) is 11.1 Å². The van der Waals surface area contributed by atoms with Crippen LogP contribution < -0.4 is 10.5 Å². The molecule has 0 saturated carbocycles. The smallest absolute Gasteiger partial charge is 0.416 e. The molecule has 1 N–H and O–H groups in total. The predicted molar refractivity (Wildman–Crippen MR) is 198 cm³/mol. The fraction of sp³-hybridized carbons (Fsp3) is 0.238. The highest BCUT2D eigenvalue weighted by molar-refractivity contribution is 6.32. The van der Waals surface area contributed by atoms with E-state index in [0.29, 0.717) is 24.1 Å². The van der Waals surface area contributed by atoms with E-state index in [0.717, 1.165) is 49.4 Å². The monoisotopic (exact) mass is 708 g/mol. The Morgan fingerprint density at radius 2 is 1.51 bits per heavy atom. The highest BCUT2D eigenvalue weighted by atomic mass is 35.5. The quantitative estimate of drug-likeness (QED) is 0.179. The Hall–Kier alpha value is -5.08. The summed E-state index contributed by atoms with van der Waals surface area (Å²) in [6, 6.07) is 29.5. The molecule has 1 atom stereocenters. The van der Waals surface area contributed by atoms with Gasteiger partial charge in [0.1, 0.15) is 10.8 Å². The standard InChI is InChI=1S/C42H36ClF3N2O3/c1-41(2,3)34-19-18-26(31-16-6-7-17-32(31)34)20-21-47-24-35(40(50)51)48-38(47)36(28-13-9-14-29(22-28)42(44,45)46)33(37(43)39(48)49)23-27-12-8-11-25-10-4-5-15-30(25)27/h4-19,22,35H,20-21,23-24H2,1-3H3,(H,50,51). The predicted octanol–water partition coefficient (Wildman–Crippen LogP) is 10.1. The van der Waals surface area contributed by atoms with Crippen molar-refractivity contribution in [2.24, 2.45) is 0 Å². The summed E-state index contributed by atoms with van der Waals surface area (Å²) in [6.45, 7) is 6.74. The molecular weight excluding hydrogens is 673 g/mol. The molecule has 9 heteroatoms. The molecule has 260 valence electrons. The normalized spacial score (nSPS) is 14.7. The van der Waals surface area contributed by atoms with E-state index < -0.39 is 29.3 Å². The molecule has 0 fully saturated rings. The second-order valence-corrected chi connectivity index (χ2v) is 14.6. The number of aromatic nitrogens is 1. The van der Waals surface area contributed by atoms with Crippen molar-refractivity contribution in [2.75, 3.05) is 18.0 Å². The van der Waals surface area contributed by atoms with E-state index in [1.54, 1.807) is 6.07 Å². The summed E-state index contributed by atoms with van der Waals surface area (Å²) in [5.41, 5.74) is 2.28. The number of hydrogen-bond donors (Lipinski definition) is 1. The number of aliphatic carboxylic acids is 1. The number of halogens is 4. The Bertz CT molecular complexity index is 2390. The summed E-state index contributed by atoms with van der Waals surface area (Å²) in [6.07, 6.45) is -4.00. The van der Waals surface area contributed by atoms with Crippen LogP contribution in [0.4, 0.5) is 19.0 Å². The minimum atomic E-state index is -4.63. The lowest BCUT2D eigenvalue weighted by Gasteiger charge is -2.26. The summed E-state index contributed by atoms with van der Waals surface area (Å²) < 4.78 is 43.6. The van der Waals surface area contributed by atoms with Crippen LogP contribution in [-0.4, -0.2) is 28.7 Å². The zero-order valence-electron chi connectivity index (χ0n) is 28.4. The maximum absolute atomic E-state index is 14.1. The summed E-state index contributed by atoms with van der Waals surface area (Å²) in [7, 11) is 0. The first kappa shape index (κ1) is 34.4. The maximum Gasteiger partial charge on any atom is 0.416 e. The lowest BCUT2D eigenvalue weighted by atomic mass is 9.82. The molecule has 1 unspecified atom stereocenters. The SMILES string of the molecule is CC(C)(C)c1ccc(CCN2CC(C(=O)O)n3c2c(-c2cccc(C(F)(F)F)c2)c(Cc2cccc4ccccc24)c(Cl)c3=O)c2ccccc12. The number of alkyl halides is 3. The van der Waals surface area contributed by atoms with Gasteiger partial charge >= 0.3 is 12.1 Å². The molecule has 7 rings (SSSR count). The Labute approximate surface area is 298 Å². The van der Waals surface area contributed by atoms with Crippen LogP contribution in [0.3, 0.4) is 0 Å². The Balaban J connectivity index is 1.43. The topological polar surface area (TPSA) is 62.5 Å². The minimum Gasteiger partial charge on any atom is -0.480 e. The van der Waals surface area contributed by atoms with E-state index >= 15 is 0 Å². The van der Waals surface area contributed by atoms with Gasteiger partial charge in [-0.1, -0.05) is 123 Å². The zero-order valence-corrected chi connectivity index (χ0v) is 29.1. The Morgan fingerprint density at radius 3 is 2.22 bits per heavy atom. The molecule has 6 aromatic rings. The molecule has 0 spiro atoms. The molecule has 0 saturated heterocycles. The molecule has 51 heavy (non-hydrogen) atoms. The van der Waals surface area contributed by atoms with Crippen LogP contribution in [0.5, 0.6) is 0 Å². The molecule has 0 amide bonds. The molecule has 1 aliphatic heterocycles. The summed E-state index contributed by atoms with van der Waals surface area (Å²) in [5, 5.41) is 14.2. The molecule has 5 aromatic carbocycles. The average molecular weight is 709 g/mol. The van der Waals surface area contributed by atoms with Crippen molar-refractivity contribution in [1.29, 1.82) is 0 Å². The molecular formula is C42H36ClF3N2O3. The number of fused-ring (bicyclic) bond motifs is 3. The van der Waals surface area contributed by atoms with Crippen LogP contribution in [-0.2, 0) is 29.2 Å². The lowest BCUT2D eigenvalue weighted by molar-refractivity contribution is -0.140. The molecule has 0 radical (unpaired) electrons. The Kier molecular flexibility index (Phi) is 8.70. The van der Waals surface area contributed by atoms with Gasteiger partial charge in [0.2, 0.25) is 0 Å². The van der Waals surface area contributed by atoms with Gasteiger partial charge in [-0.25, -0.2) is 4.79 Å². The van der Waals surface area contributed by atoms with Gasteiger partial charge in [0.15, 0.2) is 6.04 Å². The minimum absolute atomic E-state index is 0.0530. The van der Waals surface area contributed by atoms with Crippen LogP contribution in [0, 0.1) is 0 Å². The van der Waals surface area contributed by atoms with E-state index in [1.807, 2.05) is 59.5 Å². The number of anilines is 1. The number of pyridine rings is 1. The number of carboxylic acid groups (broad SMARTS) is 1. The van der Waals surface area contributed by atoms with Crippen LogP contribution in [0.2, 0.25) is 5.02 Å². The summed E-state index contributed by atoms with van der Waals surface area (Å²) in [5.74, 6) is -0.976. The van der Waals surface area contributed by atoms with Crippen molar-refractivity contribution in [2.45, 2.75) is 51.2 Å². The van der Waals surface area contributed by atoms with Gasteiger partial charge in [0, 0.05) is 18.5 Å². The third-order valence-electron chi connectivity index (χ3n) is 9.91. The molecule has 1 aliphatic rings. The highest BCUT2D eigenvalue weighted by Crippen LogP contribution is 2.44. The first-order chi connectivity index (χ1) is 24.2. The van der Waals surface area contributed by atoms with Crippen LogP contribution in [0.25, 0.3) is 32.7 Å². The third-order valence-corrected chi connectivity index (χ3v) is 10.3. The van der Waals surface area contributed by atoms with E-state index in [4.69, 9.17) is 11.6 Å². The first-order valence-electron chi connectivity index (χ1n) is 16.8. The molecule has 2 heterocycles. The Morgan fingerprint density at radius 1 is 0.843 bits per heavy atom. The number of nitrogens with zero attached hydrogens (tertiary/aromatic N) is 2.